The molecule has 0 aromatic heterocycles. The van der Waals surface area contributed by atoms with Gasteiger partial charge in [-0.05, 0) is 13.8 Å². The molecule has 0 fully saturated rings. The van der Waals surface area contributed by atoms with E-state index >= 15 is 0 Å². The van der Waals surface area contributed by atoms with Crippen LogP contribution in [0, 0.1) is 0 Å². The molecule has 0 amide bonds. The van der Waals surface area contributed by atoms with E-state index in [1.807, 2.05) is 0 Å². The highest BCUT2D eigenvalue weighted by atomic mass is 16.4. The van der Waals surface area contributed by atoms with Crippen LogP contribution in [-0.4, -0.2) is 48.9 Å². The molecular formula is C7H20O4. The number of rotatable bonds is 1. The van der Waals surface area contributed by atoms with Gasteiger partial charge in [-0.1, -0.05) is 0 Å². The number of ether oxygens (including phenoxy) is 1. The molecule has 0 saturated carbocycles. The van der Waals surface area contributed by atoms with Gasteiger partial charge in [0.15, 0.2) is 0 Å². The summed E-state index contributed by atoms with van der Waals surface area (Å²) in [5.41, 5.74) is 0. The van der Waals surface area contributed by atoms with E-state index in [1.54, 1.807) is 21.1 Å². The van der Waals surface area contributed by atoms with Gasteiger partial charge in [-0.3, -0.25) is 0 Å². The summed E-state index contributed by atoms with van der Waals surface area (Å²) in [7, 11) is 3.25. The zero-order chi connectivity index (χ0) is 9.70. The number of methoxy groups -OCH3 is 1. The largest absolute Gasteiger partial charge is 0.397 e. The fourth-order valence-corrected chi connectivity index (χ4v) is 0. The highest BCUT2D eigenvalue weighted by molar-refractivity contribution is 4.34. The highest BCUT2D eigenvalue weighted by Gasteiger charge is 1.83. The van der Waals surface area contributed by atoms with Crippen LogP contribution >= 0.6 is 0 Å². The third-order valence-corrected chi connectivity index (χ3v) is 0.264. The molecule has 1 unspecified atom stereocenters. The van der Waals surface area contributed by atoms with Crippen LogP contribution in [0.2, 0.25) is 0 Å². The van der Waals surface area contributed by atoms with Crippen molar-refractivity contribution in [2.45, 2.75) is 20.0 Å². The van der Waals surface area contributed by atoms with E-state index in [9.17, 15) is 0 Å². The average Bonchev–Trinajstić information content (AvgIpc) is 1.91. The first-order valence-corrected chi connectivity index (χ1v) is 3.40. The van der Waals surface area contributed by atoms with Crippen LogP contribution < -0.4 is 0 Å². The predicted molar refractivity (Wildman–Crippen MR) is 44.5 cm³/mol. The van der Waals surface area contributed by atoms with Crippen LogP contribution in [-0.2, 0) is 4.74 Å². The maximum Gasteiger partial charge on any atom is 0.0742 e. The van der Waals surface area contributed by atoms with E-state index in [2.05, 4.69) is 4.74 Å². The van der Waals surface area contributed by atoms with Crippen molar-refractivity contribution in [1.82, 2.24) is 0 Å². The minimum Gasteiger partial charge on any atom is -0.397 e. The van der Waals surface area contributed by atoms with Crippen molar-refractivity contribution in [2.75, 3.05) is 27.4 Å². The summed E-state index contributed by atoms with van der Waals surface area (Å²) < 4.78 is 4.25. The van der Waals surface area contributed by atoms with E-state index in [0.29, 0.717) is 0 Å². The predicted octanol–water partition coefficient (Wildman–Crippen LogP) is -0.379. The molecule has 11 heavy (non-hydrogen) atoms. The van der Waals surface area contributed by atoms with Gasteiger partial charge in [-0.2, -0.15) is 0 Å². The van der Waals surface area contributed by atoms with Gasteiger partial charge in [0.1, 0.15) is 0 Å². The smallest absolute Gasteiger partial charge is 0.0742 e. The van der Waals surface area contributed by atoms with Crippen LogP contribution in [0.3, 0.4) is 0 Å². The van der Waals surface area contributed by atoms with Crippen molar-refractivity contribution in [3.05, 3.63) is 0 Å². The van der Waals surface area contributed by atoms with Crippen LogP contribution in [0.1, 0.15) is 13.8 Å². The molecule has 3 N–H and O–H groups in total. The molecule has 0 aliphatic carbocycles. The Kier molecular flexibility index (Phi) is 35.0. The highest BCUT2D eigenvalue weighted by Crippen LogP contribution is 1.68. The molecule has 4 nitrogen and oxygen atoms in total. The second kappa shape index (κ2) is 22.5. The molecule has 0 rings (SSSR count). The number of hydrogen-bond acceptors (Lipinski definition) is 4. The third-order valence-electron chi connectivity index (χ3n) is 0.264. The van der Waals surface area contributed by atoms with Crippen molar-refractivity contribution >= 4 is 0 Å². The van der Waals surface area contributed by atoms with Gasteiger partial charge in [0.25, 0.3) is 0 Å². The maximum absolute atomic E-state index is 8.11. The van der Waals surface area contributed by atoms with Gasteiger partial charge < -0.3 is 20.1 Å². The van der Waals surface area contributed by atoms with Crippen LogP contribution in [0.5, 0.6) is 0 Å². The number of aliphatic hydroxyl groups excluding tert-OH is 3. The monoisotopic (exact) mass is 168 g/mol. The lowest BCUT2D eigenvalue weighted by atomic mass is 10.5. The minimum absolute atomic E-state index is 0.139. The Bertz CT molecular complexity index is 37.4. The minimum atomic E-state index is -0.560. The molecule has 0 heterocycles. The molecule has 0 radical (unpaired) electrons. The van der Waals surface area contributed by atoms with Gasteiger partial charge in [-0.25, -0.2) is 0 Å². The van der Waals surface area contributed by atoms with E-state index < -0.39 is 6.10 Å². The van der Waals surface area contributed by atoms with E-state index in [1.165, 1.54) is 6.92 Å². The van der Waals surface area contributed by atoms with E-state index in [4.69, 9.17) is 15.3 Å². The zero-order valence-corrected chi connectivity index (χ0v) is 7.74. The second-order valence-electron chi connectivity index (χ2n) is 1.76. The molecular weight excluding hydrogens is 148 g/mol. The topological polar surface area (TPSA) is 69.9 Å². The standard InChI is InChI=1S/C3H8O2.2C2H6O/c1-3(5)2-4;1-3-2;1-2-3/h3-5H,2H2,1H3;1-2H3;3H,2H2,1H3. The van der Waals surface area contributed by atoms with Crippen LogP contribution in [0.4, 0.5) is 0 Å². The van der Waals surface area contributed by atoms with Crippen LogP contribution in [0.25, 0.3) is 0 Å². The molecule has 0 aliphatic heterocycles. The SMILES string of the molecule is CC(O)CO.CCO.COC. The zero-order valence-electron chi connectivity index (χ0n) is 7.74. The summed E-state index contributed by atoms with van der Waals surface area (Å²) in [5.74, 6) is 0. The van der Waals surface area contributed by atoms with Gasteiger partial charge in [0, 0.05) is 20.8 Å². The first-order valence-electron chi connectivity index (χ1n) is 3.40. The lowest BCUT2D eigenvalue weighted by Crippen LogP contribution is -2.03. The normalized spacial score (nSPS) is 10.1. The summed E-state index contributed by atoms with van der Waals surface area (Å²) in [6.45, 7) is 3.32. The van der Waals surface area contributed by atoms with E-state index in [0.717, 1.165) is 0 Å². The summed E-state index contributed by atoms with van der Waals surface area (Å²) >= 11 is 0. The first kappa shape index (κ1) is 17.1. The Balaban J connectivity index is -0.0000000933. The summed E-state index contributed by atoms with van der Waals surface area (Å²) in [5, 5.41) is 23.6. The Morgan fingerprint density at radius 1 is 1.27 bits per heavy atom. The van der Waals surface area contributed by atoms with Crippen molar-refractivity contribution in [3.8, 4) is 0 Å². The summed E-state index contributed by atoms with van der Waals surface area (Å²) in [6, 6.07) is 0. The van der Waals surface area contributed by atoms with Crippen LogP contribution in [0.15, 0.2) is 0 Å². The van der Waals surface area contributed by atoms with Crippen molar-refractivity contribution in [2.24, 2.45) is 0 Å². The molecule has 0 aliphatic rings. The molecule has 0 saturated heterocycles. The second-order valence-corrected chi connectivity index (χ2v) is 1.76. The van der Waals surface area contributed by atoms with Crippen molar-refractivity contribution < 1.29 is 20.1 Å². The summed E-state index contributed by atoms with van der Waals surface area (Å²) in [4.78, 5) is 0. The molecule has 72 valence electrons. The molecule has 0 aromatic rings. The molecule has 0 aromatic carbocycles. The Labute approximate surface area is 68.4 Å². The van der Waals surface area contributed by atoms with E-state index in [-0.39, 0.29) is 13.2 Å². The van der Waals surface area contributed by atoms with Gasteiger partial charge >= 0.3 is 0 Å². The lowest BCUT2D eigenvalue weighted by Gasteiger charge is -1.90. The summed E-state index contributed by atoms with van der Waals surface area (Å²) in [6.07, 6.45) is -0.560. The fraction of sp³-hybridized carbons (Fsp3) is 1.00. The molecule has 4 heteroatoms. The van der Waals surface area contributed by atoms with Crippen molar-refractivity contribution in [1.29, 1.82) is 0 Å². The molecule has 1 atom stereocenters. The number of aliphatic hydroxyl groups is 3. The van der Waals surface area contributed by atoms with Gasteiger partial charge in [0.2, 0.25) is 0 Å². The Morgan fingerprint density at radius 2 is 1.36 bits per heavy atom. The molecule has 0 bridgehead atoms. The average molecular weight is 168 g/mol. The lowest BCUT2D eigenvalue weighted by molar-refractivity contribution is 0.110. The number of hydrogen-bond donors (Lipinski definition) is 3. The fourth-order valence-electron chi connectivity index (χ4n) is 0. The van der Waals surface area contributed by atoms with Crippen molar-refractivity contribution in [3.63, 3.8) is 0 Å². The molecule has 0 spiro atoms. The first-order chi connectivity index (χ1) is 5.10. The Morgan fingerprint density at radius 3 is 1.36 bits per heavy atom. The van der Waals surface area contributed by atoms with Gasteiger partial charge in [0.05, 0.1) is 12.7 Å². The maximum atomic E-state index is 8.11. The third kappa shape index (κ3) is 179. The van der Waals surface area contributed by atoms with Gasteiger partial charge in [-0.15, -0.1) is 0 Å². The Hall–Kier alpha value is -0.160. The quantitative estimate of drug-likeness (QED) is 0.499.